The van der Waals surface area contributed by atoms with Gasteiger partial charge in [0.25, 0.3) is 0 Å². The lowest BCUT2D eigenvalue weighted by molar-refractivity contribution is 0.651. The predicted molar refractivity (Wildman–Crippen MR) is 73.5 cm³/mol. The van der Waals surface area contributed by atoms with E-state index in [1.165, 1.54) is 24.0 Å². The second-order valence-corrected chi connectivity index (χ2v) is 5.09. The zero-order valence-corrected chi connectivity index (χ0v) is 10.3. The first-order valence-corrected chi connectivity index (χ1v) is 6.44. The maximum atomic E-state index is 2.37. The Balaban J connectivity index is 1.99. The van der Waals surface area contributed by atoms with E-state index in [1.54, 1.807) is 5.57 Å². The third-order valence-electron chi connectivity index (χ3n) is 4.01. The molecule has 0 unspecified atom stereocenters. The molecular formula is C17H18. The van der Waals surface area contributed by atoms with Crippen molar-refractivity contribution in [3.05, 3.63) is 65.8 Å². The molecular weight excluding hydrogens is 204 g/mol. The highest BCUT2D eigenvalue weighted by Gasteiger charge is 2.28. The van der Waals surface area contributed by atoms with Crippen LogP contribution in [0.15, 0.2) is 60.2 Å². The lowest BCUT2D eigenvalue weighted by atomic mass is 9.93. The summed E-state index contributed by atoms with van der Waals surface area (Å²) in [4.78, 5) is 0. The van der Waals surface area contributed by atoms with Gasteiger partial charge in [0.2, 0.25) is 0 Å². The van der Waals surface area contributed by atoms with Gasteiger partial charge in [0.05, 0.1) is 0 Å². The third kappa shape index (κ3) is 2.00. The van der Waals surface area contributed by atoms with Crippen molar-refractivity contribution in [2.45, 2.75) is 19.8 Å². The van der Waals surface area contributed by atoms with Gasteiger partial charge in [0, 0.05) is 0 Å². The van der Waals surface area contributed by atoms with E-state index in [0.717, 1.165) is 5.92 Å². The van der Waals surface area contributed by atoms with Gasteiger partial charge < -0.3 is 0 Å². The fraction of sp³-hybridized carbons (Fsp3) is 0.294. The van der Waals surface area contributed by atoms with Crippen molar-refractivity contribution in [1.29, 1.82) is 0 Å². The zero-order valence-electron chi connectivity index (χ0n) is 10.3. The minimum Gasteiger partial charge on any atom is -0.0811 e. The van der Waals surface area contributed by atoms with Gasteiger partial charge in [0.15, 0.2) is 0 Å². The molecule has 86 valence electrons. The molecule has 0 saturated heterocycles. The summed E-state index contributed by atoms with van der Waals surface area (Å²) >= 11 is 0. The average Bonchev–Trinajstić information content (AvgIpc) is 2.61. The molecule has 0 aromatic heterocycles. The van der Waals surface area contributed by atoms with Crippen LogP contribution in [0, 0.1) is 11.8 Å². The fourth-order valence-corrected chi connectivity index (χ4v) is 3.05. The van der Waals surface area contributed by atoms with Crippen LogP contribution in [-0.2, 0) is 0 Å². The number of rotatable bonds is 1. The molecule has 0 aliphatic heterocycles. The first-order chi connectivity index (χ1) is 8.34. The molecule has 2 bridgehead atoms. The van der Waals surface area contributed by atoms with Crippen LogP contribution in [0.2, 0.25) is 0 Å². The molecule has 17 heavy (non-hydrogen) atoms. The molecule has 1 aromatic carbocycles. The Morgan fingerprint density at radius 1 is 1.06 bits per heavy atom. The fourth-order valence-electron chi connectivity index (χ4n) is 3.05. The molecule has 0 radical (unpaired) electrons. The number of benzene rings is 1. The molecule has 0 N–H and O–H groups in total. The standard InChI is InChI=1S/C17H18/c1-13(15-8-3-2-4-9-15)17-12-14-7-5-6-10-16(17)11-14/h2-10,14,16H,11-12H2,1H3/b17-13-/t14-,16+/m1/s1. The summed E-state index contributed by atoms with van der Waals surface area (Å²) in [7, 11) is 0. The van der Waals surface area contributed by atoms with Crippen molar-refractivity contribution < 1.29 is 0 Å². The first-order valence-electron chi connectivity index (χ1n) is 6.44. The Hall–Kier alpha value is -1.56. The second kappa shape index (κ2) is 4.37. The molecule has 1 fully saturated rings. The van der Waals surface area contributed by atoms with E-state index in [1.807, 2.05) is 0 Å². The van der Waals surface area contributed by atoms with Crippen LogP contribution in [0.4, 0.5) is 0 Å². The molecule has 2 aliphatic carbocycles. The van der Waals surface area contributed by atoms with Gasteiger partial charge >= 0.3 is 0 Å². The monoisotopic (exact) mass is 222 g/mol. The second-order valence-electron chi connectivity index (χ2n) is 5.09. The largest absolute Gasteiger partial charge is 0.0811 e. The summed E-state index contributed by atoms with van der Waals surface area (Å²) < 4.78 is 0. The SMILES string of the molecule is C/C(=C1\C[C@@H]2C=CC=C[C@H]1C2)c1ccccc1. The summed E-state index contributed by atoms with van der Waals surface area (Å²) in [5, 5.41) is 0. The number of hydrogen-bond acceptors (Lipinski definition) is 0. The molecule has 0 heterocycles. The molecule has 0 spiro atoms. The molecule has 0 heteroatoms. The summed E-state index contributed by atoms with van der Waals surface area (Å²) in [6, 6.07) is 10.8. The smallest absolute Gasteiger partial charge is 0.000830 e. The molecule has 0 amide bonds. The Labute approximate surface area is 103 Å². The van der Waals surface area contributed by atoms with Gasteiger partial charge in [0.1, 0.15) is 0 Å². The molecule has 1 saturated carbocycles. The Morgan fingerprint density at radius 3 is 2.65 bits per heavy atom. The van der Waals surface area contributed by atoms with E-state index in [-0.39, 0.29) is 0 Å². The molecule has 0 nitrogen and oxygen atoms in total. The number of fused-ring (bicyclic) bond motifs is 2. The lowest BCUT2D eigenvalue weighted by Gasteiger charge is -2.12. The van der Waals surface area contributed by atoms with E-state index < -0.39 is 0 Å². The Bertz CT molecular complexity index is 488. The third-order valence-corrected chi connectivity index (χ3v) is 4.01. The van der Waals surface area contributed by atoms with Crippen LogP contribution < -0.4 is 0 Å². The minimum absolute atomic E-state index is 0.662. The van der Waals surface area contributed by atoms with Crippen molar-refractivity contribution in [2.75, 3.05) is 0 Å². The summed E-state index contributed by atoms with van der Waals surface area (Å²) in [5.41, 5.74) is 4.51. The number of hydrogen-bond donors (Lipinski definition) is 0. The van der Waals surface area contributed by atoms with Gasteiger partial charge in [-0.3, -0.25) is 0 Å². The summed E-state index contributed by atoms with van der Waals surface area (Å²) in [6.07, 6.45) is 11.7. The van der Waals surface area contributed by atoms with Crippen LogP contribution in [0.25, 0.3) is 5.57 Å². The Morgan fingerprint density at radius 2 is 1.82 bits per heavy atom. The van der Waals surface area contributed by atoms with Gasteiger partial charge in [-0.2, -0.15) is 0 Å². The van der Waals surface area contributed by atoms with Crippen molar-refractivity contribution in [3.63, 3.8) is 0 Å². The number of allylic oxidation sites excluding steroid dienone is 6. The van der Waals surface area contributed by atoms with Gasteiger partial charge in [-0.25, -0.2) is 0 Å². The van der Waals surface area contributed by atoms with E-state index in [2.05, 4.69) is 61.6 Å². The average molecular weight is 222 g/mol. The van der Waals surface area contributed by atoms with Crippen LogP contribution in [0.5, 0.6) is 0 Å². The van der Waals surface area contributed by atoms with Crippen molar-refractivity contribution >= 4 is 5.57 Å². The highest BCUT2D eigenvalue weighted by atomic mass is 14.3. The van der Waals surface area contributed by atoms with E-state index >= 15 is 0 Å². The normalized spacial score (nSPS) is 29.2. The van der Waals surface area contributed by atoms with E-state index in [9.17, 15) is 0 Å². The Kier molecular flexibility index (Phi) is 2.72. The van der Waals surface area contributed by atoms with E-state index in [0.29, 0.717) is 5.92 Å². The summed E-state index contributed by atoms with van der Waals surface area (Å²) in [6.45, 7) is 2.28. The van der Waals surface area contributed by atoms with Crippen molar-refractivity contribution in [2.24, 2.45) is 11.8 Å². The quantitative estimate of drug-likeness (QED) is 0.650. The van der Waals surface area contributed by atoms with Gasteiger partial charge in [-0.05, 0) is 42.7 Å². The van der Waals surface area contributed by atoms with Crippen LogP contribution in [0.1, 0.15) is 25.3 Å². The van der Waals surface area contributed by atoms with Crippen LogP contribution in [0.3, 0.4) is 0 Å². The highest BCUT2D eigenvalue weighted by molar-refractivity contribution is 5.68. The summed E-state index contributed by atoms with van der Waals surface area (Å²) in [5.74, 6) is 1.42. The molecule has 3 rings (SSSR count). The van der Waals surface area contributed by atoms with Crippen LogP contribution >= 0.6 is 0 Å². The zero-order chi connectivity index (χ0) is 11.7. The minimum atomic E-state index is 0.662. The van der Waals surface area contributed by atoms with E-state index in [4.69, 9.17) is 0 Å². The molecule has 1 aromatic rings. The predicted octanol–water partition coefficient (Wildman–Crippen LogP) is 4.61. The van der Waals surface area contributed by atoms with Gasteiger partial charge in [-0.1, -0.05) is 60.2 Å². The van der Waals surface area contributed by atoms with Crippen LogP contribution in [-0.4, -0.2) is 0 Å². The maximum absolute atomic E-state index is 2.37. The molecule has 2 atom stereocenters. The lowest BCUT2D eigenvalue weighted by Crippen LogP contribution is -1.95. The topological polar surface area (TPSA) is 0 Å². The molecule has 2 aliphatic rings. The highest BCUT2D eigenvalue weighted by Crippen LogP contribution is 2.42. The first kappa shape index (κ1) is 10.6. The van der Waals surface area contributed by atoms with Crippen molar-refractivity contribution in [3.8, 4) is 0 Å². The van der Waals surface area contributed by atoms with Crippen molar-refractivity contribution in [1.82, 2.24) is 0 Å². The maximum Gasteiger partial charge on any atom is -0.000830 e. The van der Waals surface area contributed by atoms with Gasteiger partial charge in [-0.15, -0.1) is 0 Å².